The van der Waals surface area contributed by atoms with Gasteiger partial charge in [0.15, 0.2) is 0 Å². The summed E-state index contributed by atoms with van der Waals surface area (Å²) in [6.45, 7) is 3.59. The largest absolute Gasteiger partial charge is 0.508 e. The van der Waals surface area contributed by atoms with Crippen molar-refractivity contribution >= 4 is 23.7 Å². The number of carbonyl (C=O) groups is 4. The number of carboxylic acid groups (broad SMARTS) is 1. The number of nitrogens with two attached hydrogens (primary N) is 1. The van der Waals surface area contributed by atoms with Gasteiger partial charge in [-0.15, -0.1) is 0 Å². The molecule has 0 saturated heterocycles. The molecule has 0 aromatic heterocycles. The lowest BCUT2D eigenvalue weighted by molar-refractivity contribution is -0.143. The summed E-state index contributed by atoms with van der Waals surface area (Å²) in [5.74, 6) is -3.29. The second kappa shape index (κ2) is 14.6. The second-order valence-electron chi connectivity index (χ2n) is 9.17. The van der Waals surface area contributed by atoms with Crippen LogP contribution in [0.25, 0.3) is 0 Å². The SMILES string of the molecule is CC[C@H](C)[C@H](NC(=O)[C@H](Cc1ccc(O)cc1)NC(=O)[C@H](Cc1ccc(O)cc1)NC(=O)CCN)C(=O)O. The summed E-state index contributed by atoms with van der Waals surface area (Å²) >= 11 is 0. The molecule has 0 radical (unpaired) electrons. The van der Waals surface area contributed by atoms with Crippen molar-refractivity contribution in [2.24, 2.45) is 11.7 Å². The van der Waals surface area contributed by atoms with Gasteiger partial charge in [-0.3, -0.25) is 14.4 Å². The Kier molecular flexibility index (Phi) is 11.5. The zero-order chi connectivity index (χ0) is 28.2. The Morgan fingerprint density at radius 3 is 1.66 bits per heavy atom. The van der Waals surface area contributed by atoms with E-state index in [1.54, 1.807) is 38.1 Å². The Labute approximate surface area is 221 Å². The topological polar surface area (TPSA) is 191 Å². The third-order valence-electron chi connectivity index (χ3n) is 6.19. The molecule has 2 aromatic carbocycles. The number of hydrogen-bond acceptors (Lipinski definition) is 7. The molecule has 0 aliphatic carbocycles. The molecule has 11 heteroatoms. The van der Waals surface area contributed by atoms with Crippen LogP contribution in [0.2, 0.25) is 0 Å². The van der Waals surface area contributed by atoms with Gasteiger partial charge in [-0.25, -0.2) is 4.79 Å². The van der Waals surface area contributed by atoms with E-state index in [2.05, 4.69) is 16.0 Å². The number of nitrogens with one attached hydrogen (secondary N) is 3. The molecule has 0 aliphatic heterocycles. The smallest absolute Gasteiger partial charge is 0.326 e. The Morgan fingerprint density at radius 2 is 1.24 bits per heavy atom. The van der Waals surface area contributed by atoms with Crippen molar-refractivity contribution in [2.45, 2.75) is 57.7 Å². The highest BCUT2D eigenvalue weighted by molar-refractivity contribution is 5.93. The molecular formula is C27H36N4O7. The number of benzene rings is 2. The van der Waals surface area contributed by atoms with Gasteiger partial charge in [0.1, 0.15) is 29.6 Å². The minimum Gasteiger partial charge on any atom is -0.508 e. The highest BCUT2D eigenvalue weighted by Gasteiger charge is 2.31. The van der Waals surface area contributed by atoms with Gasteiger partial charge >= 0.3 is 5.97 Å². The first-order chi connectivity index (χ1) is 18.0. The molecule has 38 heavy (non-hydrogen) atoms. The Hall–Kier alpha value is -4.12. The number of aliphatic carboxylic acids is 1. The van der Waals surface area contributed by atoms with E-state index in [-0.39, 0.29) is 43.2 Å². The fraction of sp³-hybridized carbons (Fsp3) is 0.407. The van der Waals surface area contributed by atoms with Crippen LogP contribution in [0.4, 0.5) is 0 Å². The number of amides is 3. The first-order valence-electron chi connectivity index (χ1n) is 12.4. The van der Waals surface area contributed by atoms with Crippen LogP contribution in [0.15, 0.2) is 48.5 Å². The lowest BCUT2D eigenvalue weighted by Gasteiger charge is -2.26. The molecule has 4 atom stereocenters. The molecule has 3 amide bonds. The van der Waals surface area contributed by atoms with Gasteiger partial charge in [0.05, 0.1) is 0 Å². The average Bonchev–Trinajstić information content (AvgIpc) is 2.88. The first kappa shape index (κ1) is 30.1. The van der Waals surface area contributed by atoms with E-state index in [1.165, 1.54) is 24.3 Å². The summed E-state index contributed by atoms with van der Waals surface area (Å²) in [7, 11) is 0. The fourth-order valence-electron chi connectivity index (χ4n) is 3.76. The molecule has 0 fully saturated rings. The van der Waals surface area contributed by atoms with Gasteiger partial charge in [0, 0.05) is 25.8 Å². The highest BCUT2D eigenvalue weighted by atomic mass is 16.4. The highest BCUT2D eigenvalue weighted by Crippen LogP contribution is 2.15. The van der Waals surface area contributed by atoms with Crippen molar-refractivity contribution in [2.75, 3.05) is 6.54 Å². The van der Waals surface area contributed by atoms with E-state index in [0.29, 0.717) is 17.5 Å². The molecule has 11 nitrogen and oxygen atoms in total. The van der Waals surface area contributed by atoms with Crippen molar-refractivity contribution in [3.05, 3.63) is 59.7 Å². The number of phenols is 2. The molecule has 0 saturated carbocycles. The molecule has 0 heterocycles. The summed E-state index contributed by atoms with van der Waals surface area (Å²) in [5.41, 5.74) is 6.73. The van der Waals surface area contributed by atoms with Crippen molar-refractivity contribution in [3.8, 4) is 11.5 Å². The molecule has 0 unspecified atom stereocenters. The zero-order valence-corrected chi connectivity index (χ0v) is 21.5. The van der Waals surface area contributed by atoms with Gasteiger partial charge < -0.3 is 37.0 Å². The van der Waals surface area contributed by atoms with Gasteiger partial charge in [0.2, 0.25) is 17.7 Å². The number of hydrogen-bond donors (Lipinski definition) is 7. The van der Waals surface area contributed by atoms with Crippen LogP contribution in [-0.2, 0) is 32.0 Å². The normalized spacial score (nSPS) is 14.0. The quantitative estimate of drug-likeness (QED) is 0.187. The number of rotatable bonds is 14. The fourth-order valence-corrected chi connectivity index (χ4v) is 3.76. The van der Waals surface area contributed by atoms with Gasteiger partial charge in [0.25, 0.3) is 0 Å². The summed E-state index contributed by atoms with van der Waals surface area (Å²) in [5, 5.41) is 36.6. The number of carboxylic acids is 1. The van der Waals surface area contributed by atoms with Crippen molar-refractivity contribution < 1.29 is 34.5 Å². The van der Waals surface area contributed by atoms with Crippen molar-refractivity contribution in [1.82, 2.24) is 16.0 Å². The van der Waals surface area contributed by atoms with Crippen LogP contribution >= 0.6 is 0 Å². The van der Waals surface area contributed by atoms with E-state index in [0.717, 1.165) is 0 Å². The Morgan fingerprint density at radius 1 is 0.789 bits per heavy atom. The molecule has 8 N–H and O–H groups in total. The third-order valence-corrected chi connectivity index (χ3v) is 6.19. The van der Waals surface area contributed by atoms with Crippen LogP contribution in [-0.4, -0.2) is 63.7 Å². The Bertz CT molecular complexity index is 1090. The third kappa shape index (κ3) is 9.40. The molecule has 0 bridgehead atoms. The number of aromatic hydroxyl groups is 2. The molecule has 2 aromatic rings. The summed E-state index contributed by atoms with van der Waals surface area (Å²) in [4.78, 5) is 50.7. The maximum atomic E-state index is 13.4. The van der Waals surface area contributed by atoms with Crippen LogP contribution in [0.1, 0.15) is 37.8 Å². The summed E-state index contributed by atoms with van der Waals surface area (Å²) in [6.07, 6.45) is 0.577. The van der Waals surface area contributed by atoms with Gasteiger partial charge in [-0.05, 0) is 41.3 Å². The van der Waals surface area contributed by atoms with Crippen LogP contribution in [0, 0.1) is 5.92 Å². The predicted octanol–water partition coefficient (Wildman–Crippen LogP) is 0.817. The molecular weight excluding hydrogens is 492 g/mol. The number of carbonyl (C=O) groups excluding carboxylic acids is 3. The lowest BCUT2D eigenvalue weighted by Crippen LogP contribution is -2.57. The summed E-state index contributed by atoms with van der Waals surface area (Å²) in [6, 6.07) is 8.75. The maximum Gasteiger partial charge on any atom is 0.326 e. The lowest BCUT2D eigenvalue weighted by atomic mass is 9.97. The van der Waals surface area contributed by atoms with E-state index in [9.17, 15) is 34.5 Å². The first-order valence-corrected chi connectivity index (χ1v) is 12.4. The molecule has 206 valence electrons. The van der Waals surface area contributed by atoms with E-state index < -0.39 is 41.8 Å². The van der Waals surface area contributed by atoms with Crippen LogP contribution in [0.3, 0.4) is 0 Å². The van der Waals surface area contributed by atoms with E-state index >= 15 is 0 Å². The van der Waals surface area contributed by atoms with Crippen molar-refractivity contribution in [3.63, 3.8) is 0 Å². The monoisotopic (exact) mass is 528 g/mol. The Balaban J connectivity index is 2.32. The zero-order valence-electron chi connectivity index (χ0n) is 21.5. The van der Waals surface area contributed by atoms with Crippen LogP contribution in [0.5, 0.6) is 11.5 Å². The molecule has 0 spiro atoms. The maximum absolute atomic E-state index is 13.4. The predicted molar refractivity (Wildman–Crippen MR) is 140 cm³/mol. The minimum absolute atomic E-state index is 0.00732. The number of phenolic OH excluding ortho intramolecular Hbond substituents is 2. The second-order valence-corrected chi connectivity index (χ2v) is 9.17. The minimum atomic E-state index is -1.19. The molecule has 0 aliphatic rings. The summed E-state index contributed by atoms with van der Waals surface area (Å²) < 4.78 is 0. The standard InChI is InChI=1S/C27H36N4O7/c1-3-16(2)24(27(37)38)31-26(36)22(15-18-6-10-20(33)11-7-18)30-25(35)21(29-23(34)12-13-28)14-17-4-8-19(32)9-5-17/h4-11,16,21-22,24,32-33H,3,12-15,28H2,1-2H3,(H,29,34)(H,30,35)(H,31,36)(H,37,38)/t16-,21-,22-,24-/m0/s1. The van der Waals surface area contributed by atoms with Gasteiger partial charge in [-0.1, -0.05) is 44.5 Å². The average molecular weight is 529 g/mol. The van der Waals surface area contributed by atoms with E-state index in [4.69, 9.17) is 5.73 Å². The van der Waals surface area contributed by atoms with Gasteiger partial charge in [-0.2, -0.15) is 0 Å². The van der Waals surface area contributed by atoms with Crippen LogP contribution < -0.4 is 21.7 Å². The van der Waals surface area contributed by atoms with Crippen molar-refractivity contribution in [1.29, 1.82) is 0 Å². The molecule has 2 rings (SSSR count). The van der Waals surface area contributed by atoms with E-state index in [1.807, 2.05) is 0 Å².